The number of benzene rings is 2. The van der Waals surface area contributed by atoms with E-state index in [2.05, 4.69) is 5.10 Å². The first-order valence-corrected chi connectivity index (χ1v) is 11.5. The van der Waals surface area contributed by atoms with E-state index in [0.29, 0.717) is 28.6 Å². The molecule has 10 heteroatoms. The van der Waals surface area contributed by atoms with Gasteiger partial charge in [-0.15, -0.1) is 0 Å². The predicted octanol–water partition coefficient (Wildman–Crippen LogP) is 3.37. The van der Waals surface area contributed by atoms with Crippen LogP contribution in [0.4, 0.5) is 16.2 Å². The summed E-state index contributed by atoms with van der Waals surface area (Å²) in [6, 6.07) is 9.91. The number of hydrazone groups is 1. The summed E-state index contributed by atoms with van der Waals surface area (Å²) in [4.78, 5) is 14.6. The third kappa shape index (κ3) is 4.54. The van der Waals surface area contributed by atoms with Crippen molar-refractivity contribution >= 4 is 39.7 Å². The summed E-state index contributed by atoms with van der Waals surface area (Å²) in [5.41, 5.74) is 3.34. The molecular weight excluding hydrogens is 432 g/mol. The molecule has 2 aromatic rings. The fourth-order valence-electron chi connectivity index (χ4n) is 3.17. The zero-order valence-corrected chi connectivity index (χ0v) is 19.7. The minimum Gasteiger partial charge on any atom is -0.493 e. The molecule has 0 saturated heterocycles. The summed E-state index contributed by atoms with van der Waals surface area (Å²) in [6.45, 7) is 1.79. The number of hydrogen-bond donors (Lipinski definition) is 0. The molecule has 3 rings (SSSR count). The van der Waals surface area contributed by atoms with Gasteiger partial charge < -0.3 is 9.47 Å². The number of amides is 2. The van der Waals surface area contributed by atoms with Crippen molar-refractivity contribution in [2.75, 3.05) is 43.8 Å². The number of urea groups is 1. The molecule has 0 aromatic heterocycles. The Kier molecular flexibility index (Phi) is 6.45. The van der Waals surface area contributed by atoms with Gasteiger partial charge in [0.25, 0.3) is 0 Å². The Hall–Kier alpha value is -3.53. The number of fused-ring (bicyclic) bond motifs is 1. The fraction of sp³-hybridized carbons (Fsp3) is 0.273. The summed E-state index contributed by atoms with van der Waals surface area (Å²) in [5, 5.41) is 5.67. The van der Waals surface area contributed by atoms with Gasteiger partial charge in [0.15, 0.2) is 11.5 Å². The second-order valence-electron chi connectivity index (χ2n) is 7.27. The summed E-state index contributed by atoms with van der Waals surface area (Å²) in [5.74, 6) is 1.15. The Bertz CT molecular complexity index is 1190. The summed E-state index contributed by atoms with van der Waals surface area (Å²) >= 11 is 0. The van der Waals surface area contributed by atoms with Crippen LogP contribution in [0, 0.1) is 0 Å². The van der Waals surface area contributed by atoms with E-state index in [9.17, 15) is 13.2 Å². The van der Waals surface area contributed by atoms with Crippen molar-refractivity contribution < 1.29 is 22.7 Å². The van der Waals surface area contributed by atoms with Crippen LogP contribution in [-0.4, -0.2) is 60.2 Å². The van der Waals surface area contributed by atoms with Crippen LogP contribution in [0.15, 0.2) is 47.2 Å². The van der Waals surface area contributed by atoms with Gasteiger partial charge in [-0.3, -0.25) is 9.21 Å². The zero-order chi connectivity index (χ0) is 23.6. The van der Waals surface area contributed by atoms with Gasteiger partial charge in [0.05, 0.1) is 32.4 Å². The van der Waals surface area contributed by atoms with Crippen molar-refractivity contribution in [2.45, 2.75) is 6.92 Å². The number of ether oxygens (including phenoxy) is 2. The van der Waals surface area contributed by atoms with Crippen LogP contribution in [0.3, 0.4) is 0 Å². The molecule has 0 atom stereocenters. The van der Waals surface area contributed by atoms with Crippen LogP contribution in [0.1, 0.15) is 18.1 Å². The zero-order valence-electron chi connectivity index (χ0n) is 18.9. The van der Waals surface area contributed by atoms with Crippen LogP contribution in [0.25, 0.3) is 6.08 Å². The monoisotopic (exact) mass is 458 g/mol. The van der Waals surface area contributed by atoms with Crippen molar-refractivity contribution in [3.8, 4) is 11.5 Å². The van der Waals surface area contributed by atoms with Crippen molar-refractivity contribution in [3.63, 3.8) is 0 Å². The summed E-state index contributed by atoms with van der Waals surface area (Å²) in [7, 11) is 2.86. The maximum Gasteiger partial charge on any atom is 0.349 e. The average molecular weight is 459 g/mol. The Morgan fingerprint density at radius 3 is 2.03 bits per heavy atom. The molecule has 0 spiro atoms. The van der Waals surface area contributed by atoms with Crippen molar-refractivity contribution in [2.24, 2.45) is 5.10 Å². The minimum absolute atomic E-state index is 0.369. The second-order valence-corrected chi connectivity index (χ2v) is 9.28. The molecule has 2 aromatic carbocycles. The number of methoxy groups -OCH3 is 2. The molecule has 2 amide bonds. The lowest BCUT2D eigenvalue weighted by atomic mass is 10.1. The summed E-state index contributed by atoms with van der Waals surface area (Å²) in [6.07, 6.45) is 4.58. The van der Waals surface area contributed by atoms with E-state index >= 15 is 0 Å². The van der Waals surface area contributed by atoms with Crippen LogP contribution < -0.4 is 18.7 Å². The number of carbonyl (C=O) groups is 1. The third-order valence-corrected chi connectivity index (χ3v) is 6.37. The van der Waals surface area contributed by atoms with E-state index in [1.165, 1.54) is 21.3 Å². The quantitative estimate of drug-likeness (QED) is 0.685. The molecule has 9 nitrogen and oxygen atoms in total. The lowest BCUT2D eigenvalue weighted by Crippen LogP contribution is -2.37. The van der Waals surface area contributed by atoms with Gasteiger partial charge in [0, 0.05) is 31.0 Å². The first-order valence-electron chi connectivity index (χ1n) is 9.67. The van der Waals surface area contributed by atoms with Gasteiger partial charge in [0.2, 0.25) is 10.0 Å². The normalized spacial score (nSPS) is 13.1. The lowest BCUT2D eigenvalue weighted by Gasteiger charge is -2.25. The highest BCUT2D eigenvalue weighted by Gasteiger charge is 2.23. The number of sulfonamides is 1. The predicted molar refractivity (Wildman–Crippen MR) is 126 cm³/mol. The maximum absolute atomic E-state index is 13.2. The Morgan fingerprint density at radius 2 is 1.50 bits per heavy atom. The van der Waals surface area contributed by atoms with E-state index in [4.69, 9.17) is 9.47 Å². The smallest absolute Gasteiger partial charge is 0.349 e. The number of hydrogen-bond acceptors (Lipinski definition) is 6. The fourth-order valence-corrected chi connectivity index (χ4v) is 3.68. The molecule has 0 N–H and O–H groups in total. The molecule has 0 fully saturated rings. The van der Waals surface area contributed by atoms with Crippen LogP contribution >= 0.6 is 0 Å². The van der Waals surface area contributed by atoms with Crippen LogP contribution in [-0.2, 0) is 10.0 Å². The minimum atomic E-state index is -3.37. The first kappa shape index (κ1) is 23.1. The molecule has 1 aliphatic heterocycles. The van der Waals surface area contributed by atoms with Gasteiger partial charge in [-0.25, -0.2) is 13.2 Å². The number of allylic oxidation sites excluding steroid dienone is 1. The molecule has 170 valence electrons. The van der Waals surface area contributed by atoms with Crippen LogP contribution in [0.5, 0.6) is 11.5 Å². The molecule has 0 radical (unpaired) electrons. The van der Waals surface area contributed by atoms with Gasteiger partial charge in [-0.2, -0.15) is 10.1 Å². The second kappa shape index (κ2) is 8.91. The Morgan fingerprint density at radius 1 is 0.969 bits per heavy atom. The maximum atomic E-state index is 13.2. The molecular formula is C22H26N4O5S. The Balaban J connectivity index is 1.87. The highest BCUT2D eigenvalue weighted by atomic mass is 32.2. The molecule has 0 saturated carbocycles. The molecule has 0 aliphatic carbocycles. The highest BCUT2D eigenvalue weighted by molar-refractivity contribution is 7.92. The summed E-state index contributed by atoms with van der Waals surface area (Å²) < 4.78 is 35.3. The highest BCUT2D eigenvalue weighted by Crippen LogP contribution is 2.32. The van der Waals surface area contributed by atoms with E-state index < -0.39 is 10.0 Å². The molecule has 0 unspecified atom stereocenters. The largest absolute Gasteiger partial charge is 0.493 e. The first-order chi connectivity index (χ1) is 15.1. The Labute approximate surface area is 188 Å². The number of anilines is 2. The van der Waals surface area contributed by atoms with Gasteiger partial charge in [0.1, 0.15) is 0 Å². The molecule has 1 heterocycles. The van der Waals surface area contributed by atoms with E-state index in [1.54, 1.807) is 64.7 Å². The number of rotatable bonds is 5. The van der Waals surface area contributed by atoms with Crippen molar-refractivity contribution in [1.82, 2.24) is 5.01 Å². The van der Waals surface area contributed by atoms with E-state index in [-0.39, 0.29) is 6.03 Å². The standard InChI is InChI=1S/C22H26N4O5S/c1-15-11-16-12-20(30-4)21(31-5)13-17(16)14-23-26(15)22(27)24(2)18-7-9-19(10-8-18)25(3)32(6,28)29/h7-14H,1-6H3. The van der Waals surface area contributed by atoms with Crippen molar-refractivity contribution in [1.29, 1.82) is 0 Å². The molecule has 0 bridgehead atoms. The molecule has 32 heavy (non-hydrogen) atoms. The van der Waals surface area contributed by atoms with Gasteiger partial charge in [-0.05, 0) is 55.0 Å². The molecule has 1 aliphatic rings. The third-order valence-electron chi connectivity index (χ3n) is 5.17. The van der Waals surface area contributed by atoms with Crippen molar-refractivity contribution in [3.05, 3.63) is 53.2 Å². The average Bonchev–Trinajstić information content (AvgIpc) is 2.93. The van der Waals surface area contributed by atoms with Gasteiger partial charge >= 0.3 is 6.03 Å². The van der Waals surface area contributed by atoms with Gasteiger partial charge in [-0.1, -0.05) is 0 Å². The topological polar surface area (TPSA) is 91.8 Å². The SMILES string of the molecule is COc1cc2c(cc1OC)C=C(C)N(C(=O)N(C)c1ccc(N(C)S(C)(=O)=O)cc1)N=C2. The number of nitrogens with zero attached hydrogens (tertiary/aromatic N) is 4. The van der Waals surface area contributed by atoms with E-state index in [1.807, 2.05) is 12.1 Å². The van der Waals surface area contributed by atoms with Crippen LogP contribution in [0.2, 0.25) is 0 Å². The van der Waals surface area contributed by atoms with E-state index in [0.717, 1.165) is 17.4 Å². The number of carbonyl (C=O) groups excluding carboxylic acids is 1. The lowest BCUT2D eigenvalue weighted by molar-refractivity contribution is 0.221.